The zero-order chi connectivity index (χ0) is 23.0. The van der Waals surface area contributed by atoms with Crippen molar-refractivity contribution in [2.24, 2.45) is 0 Å². The van der Waals surface area contributed by atoms with Gasteiger partial charge in [0.15, 0.2) is 0 Å². The zero-order valence-electron chi connectivity index (χ0n) is 16.8. The fraction of sp³-hybridized carbons (Fsp3) is 0.130. The van der Waals surface area contributed by atoms with Crippen molar-refractivity contribution in [1.82, 2.24) is 0 Å². The molecule has 2 N–H and O–H groups in total. The number of rotatable bonds is 8. The molecule has 0 aliphatic carbocycles. The second kappa shape index (κ2) is 10.0. The molecule has 2 aromatic carbocycles. The van der Waals surface area contributed by atoms with Crippen LogP contribution in [0.5, 0.6) is 11.5 Å². The van der Waals surface area contributed by atoms with Crippen LogP contribution < -0.4 is 9.47 Å². The number of carboxylic acids is 2. The largest absolute Gasteiger partial charge is 0.478 e. The first kappa shape index (κ1) is 23.1. The minimum atomic E-state index is -1.24. The Labute approximate surface area is 178 Å². The summed E-state index contributed by atoms with van der Waals surface area (Å²) in [6.45, 7) is 3.97. The van der Waals surface area contributed by atoms with Gasteiger partial charge in [-0.25, -0.2) is 19.2 Å². The van der Waals surface area contributed by atoms with Crippen LogP contribution in [0.1, 0.15) is 25.0 Å². The molecule has 0 spiro atoms. The Bertz CT molecular complexity index is 945. The van der Waals surface area contributed by atoms with Crippen LogP contribution in [0, 0.1) is 0 Å². The van der Waals surface area contributed by atoms with Gasteiger partial charge in [0.1, 0.15) is 11.5 Å². The second-order valence-corrected chi connectivity index (χ2v) is 6.86. The number of carboxylic acid groups (broad SMARTS) is 2. The summed E-state index contributed by atoms with van der Waals surface area (Å²) in [5.41, 5.74) is 1.40. The van der Waals surface area contributed by atoms with Crippen molar-refractivity contribution in [1.29, 1.82) is 0 Å². The molecule has 0 aliphatic heterocycles. The van der Waals surface area contributed by atoms with E-state index >= 15 is 0 Å². The molecule has 0 fully saturated rings. The molecule has 0 aromatic heterocycles. The summed E-state index contributed by atoms with van der Waals surface area (Å²) in [7, 11) is 0. The van der Waals surface area contributed by atoms with Crippen molar-refractivity contribution in [3.05, 3.63) is 84.0 Å². The molecule has 0 atom stereocenters. The molecule has 8 nitrogen and oxygen atoms in total. The summed E-state index contributed by atoms with van der Waals surface area (Å²) >= 11 is 0. The zero-order valence-corrected chi connectivity index (χ0v) is 16.8. The number of esters is 2. The molecule has 31 heavy (non-hydrogen) atoms. The number of aliphatic carboxylic acids is 2. The topological polar surface area (TPSA) is 127 Å². The van der Waals surface area contributed by atoms with Crippen molar-refractivity contribution in [2.45, 2.75) is 19.3 Å². The number of carbonyl (C=O) groups is 4. The number of ether oxygens (including phenoxy) is 2. The highest BCUT2D eigenvalue weighted by Crippen LogP contribution is 2.33. The molecular formula is C23H20O8. The molecule has 160 valence electrons. The van der Waals surface area contributed by atoms with Crippen LogP contribution in [-0.4, -0.2) is 34.1 Å². The molecule has 2 rings (SSSR count). The van der Waals surface area contributed by atoms with E-state index in [1.807, 2.05) is 13.8 Å². The number of hydrogen-bond acceptors (Lipinski definition) is 6. The van der Waals surface area contributed by atoms with Gasteiger partial charge in [0.05, 0.1) is 0 Å². The van der Waals surface area contributed by atoms with Crippen LogP contribution in [0.25, 0.3) is 0 Å². The maximum absolute atomic E-state index is 11.6. The Hall–Kier alpha value is -4.20. The van der Waals surface area contributed by atoms with Gasteiger partial charge >= 0.3 is 23.9 Å². The van der Waals surface area contributed by atoms with Crippen LogP contribution in [0.3, 0.4) is 0 Å². The summed E-state index contributed by atoms with van der Waals surface area (Å²) < 4.78 is 10.1. The van der Waals surface area contributed by atoms with E-state index < -0.39 is 29.3 Å². The maximum Gasteiger partial charge on any atom is 0.336 e. The van der Waals surface area contributed by atoms with Gasteiger partial charge in [0.25, 0.3) is 0 Å². The number of carbonyl (C=O) groups excluding carboxylic acids is 2. The predicted molar refractivity (Wildman–Crippen MR) is 110 cm³/mol. The normalized spacial score (nSPS) is 11.4. The van der Waals surface area contributed by atoms with Gasteiger partial charge in [0.2, 0.25) is 0 Å². The van der Waals surface area contributed by atoms with Gasteiger partial charge in [-0.15, -0.1) is 0 Å². The van der Waals surface area contributed by atoms with Gasteiger partial charge in [0, 0.05) is 29.7 Å². The minimum absolute atomic E-state index is 0.274. The van der Waals surface area contributed by atoms with Crippen molar-refractivity contribution in [3.63, 3.8) is 0 Å². The monoisotopic (exact) mass is 424 g/mol. The lowest BCUT2D eigenvalue weighted by Crippen LogP contribution is -2.19. The third-order valence-corrected chi connectivity index (χ3v) is 4.31. The standard InChI is InChI=1S/C23H20O8/c1-23(2,15-3-7-17(8-4-15)30-21(28)13-11-19(24)25)16-5-9-18(10-6-16)31-22(29)14-12-20(26)27/h3-14H,1-2H3,(H,24,25)(H,26,27). The lowest BCUT2D eigenvalue weighted by Gasteiger charge is -2.26. The highest BCUT2D eigenvalue weighted by Gasteiger charge is 2.23. The number of hydrogen-bond donors (Lipinski definition) is 2. The van der Waals surface area contributed by atoms with Gasteiger partial charge in [-0.1, -0.05) is 38.1 Å². The average molecular weight is 424 g/mol. The minimum Gasteiger partial charge on any atom is -0.478 e. The van der Waals surface area contributed by atoms with Crippen molar-refractivity contribution in [3.8, 4) is 11.5 Å². The van der Waals surface area contributed by atoms with Gasteiger partial charge in [-0.05, 0) is 35.4 Å². The smallest absolute Gasteiger partial charge is 0.336 e. The summed E-state index contributed by atoms with van der Waals surface area (Å²) in [6, 6.07) is 13.6. The van der Waals surface area contributed by atoms with E-state index in [0.29, 0.717) is 12.2 Å². The Morgan fingerprint density at radius 2 is 0.968 bits per heavy atom. The van der Waals surface area contributed by atoms with Crippen molar-refractivity contribution < 1.29 is 38.9 Å². The fourth-order valence-electron chi connectivity index (χ4n) is 2.62. The van der Waals surface area contributed by atoms with Crippen LogP contribution in [-0.2, 0) is 24.6 Å². The number of benzene rings is 2. The van der Waals surface area contributed by atoms with Crippen molar-refractivity contribution >= 4 is 23.9 Å². The first-order valence-electron chi connectivity index (χ1n) is 9.04. The first-order valence-corrected chi connectivity index (χ1v) is 9.04. The lowest BCUT2D eigenvalue weighted by molar-refractivity contribution is -0.133. The van der Waals surface area contributed by atoms with Gasteiger partial charge in [-0.3, -0.25) is 0 Å². The quantitative estimate of drug-likeness (QED) is 0.376. The first-order chi connectivity index (χ1) is 14.6. The molecule has 0 saturated heterocycles. The van der Waals surface area contributed by atoms with E-state index in [9.17, 15) is 19.2 Å². The molecule has 0 heterocycles. The van der Waals surface area contributed by atoms with Crippen LogP contribution in [0.15, 0.2) is 72.8 Å². The molecule has 0 bridgehead atoms. The Kier molecular flexibility index (Phi) is 7.46. The van der Waals surface area contributed by atoms with Crippen molar-refractivity contribution in [2.75, 3.05) is 0 Å². The van der Waals surface area contributed by atoms with E-state index in [2.05, 4.69) is 0 Å². The van der Waals surface area contributed by atoms with Crippen LogP contribution in [0.4, 0.5) is 0 Å². The highest BCUT2D eigenvalue weighted by atomic mass is 16.5. The van der Waals surface area contributed by atoms with E-state index in [0.717, 1.165) is 23.3 Å². The molecular weight excluding hydrogens is 404 g/mol. The Balaban J connectivity index is 2.08. The lowest BCUT2D eigenvalue weighted by atomic mass is 9.78. The SMILES string of the molecule is CC(C)(c1ccc(OC(=O)C=CC(=O)O)cc1)c1ccc(OC(=O)C=CC(=O)O)cc1. The Morgan fingerprint density at radius 1 is 0.645 bits per heavy atom. The molecule has 2 aromatic rings. The fourth-order valence-corrected chi connectivity index (χ4v) is 2.62. The van der Waals surface area contributed by atoms with Crippen LogP contribution >= 0.6 is 0 Å². The highest BCUT2D eigenvalue weighted by molar-refractivity contribution is 5.92. The predicted octanol–water partition coefficient (Wildman–Crippen LogP) is 3.10. The maximum atomic E-state index is 11.6. The van der Waals surface area contributed by atoms with E-state index in [1.54, 1.807) is 48.5 Å². The molecule has 0 saturated carbocycles. The second-order valence-electron chi connectivity index (χ2n) is 6.86. The van der Waals surface area contributed by atoms with E-state index in [-0.39, 0.29) is 11.5 Å². The Morgan fingerprint density at radius 3 is 1.26 bits per heavy atom. The third-order valence-electron chi connectivity index (χ3n) is 4.31. The molecule has 0 unspecified atom stereocenters. The van der Waals surface area contributed by atoms with Gasteiger partial charge in [-0.2, -0.15) is 0 Å². The van der Waals surface area contributed by atoms with Crippen LogP contribution in [0.2, 0.25) is 0 Å². The van der Waals surface area contributed by atoms with E-state index in [1.165, 1.54) is 0 Å². The molecule has 0 aliphatic rings. The summed E-state index contributed by atoms with van der Waals surface area (Å²) in [4.78, 5) is 44.0. The summed E-state index contributed by atoms with van der Waals surface area (Å²) in [6.07, 6.45) is 3.05. The summed E-state index contributed by atoms with van der Waals surface area (Å²) in [5, 5.41) is 17.0. The molecule has 0 amide bonds. The van der Waals surface area contributed by atoms with Gasteiger partial charge < -0.3 is 19.7 Å². The summed E-state index contributed by atoms with van der Waals surface area (Å²) in [5.74, 6) is -3.53. The third kappa shape index (κ3) is 6.97. The van der Waals surface area contributed by atoms with E-state index in [4.69, 9.17) is 19.7 Å². The average Bonchev–Trinajstić information content (AvgIpc) is 2.71. The molecule has 0 radical (unpaired) electrons. The molecule has 8 heteroatoms.